The van der Waals surface area contributed by atoms with Gasteiger partial charge in [-0.2, -0.15) is 0 Å². The summed E-state index contributed by atoms with van der Waals surface area (Å²) >= 11 is 1.46. The molecule has 1 N–H and O–H groups in total. The molecule has 1 aromatic carbocycles. The first kappa shape index (κ1) is 21.3. The van der Waals surface area contributed by atoms with Gasteiger partial charge >= 0.3 is 0 Å². The quantitative estimate of drug-likeness (QED) is 0.744. The molecule has 0 aliphatic carbocycles. The third-order valence-corrected chi connectivity index (χ3v) is 7.48. The fourth-order valence-corrected chi connectivity index (χ4v) is 4.84. The Morgan fingerprint density at radius 1 is 1.23 bits per heavy atom. The van der Waals surface area contributed by atoms with Crippen LogP contribution in [0, 0.1) is 11.8 Å². The fourth-order valence-electron chi connectivity index (χ4n) is 2.85. The lowest BCUT2D eigenvalue weighted by atomic mass is 9.98. The molecule has 26 heavy (non-hydrogen) atoms. The van der Waals surface area contributed by atoms with Gasteiger partial charge in [0.15, 0.2) is 0 Å². The molecule has 1 heterocycles. The minimum absolute atomic E-state index is 0.0739. The van der Waals surface area contributed by atoms with Crippen LogP contribution in [0.3, 0.4) is 0 Å². The summed E-state index contributed by atoms with van der Waals surface area (Å²) < 4.78 is 28.1. The zero-order valence-corrected chi connectivity index (χ0v) is 17.9. The van der Waals surface area contributed by atoms with Crippen LogP contribution in [-0.4, -0.2) is 44.6 Å². The Labute approximate surface area is 162 Å². The molecule has 1 atom stereocenters. The number of amides is 1. The Balaban J connectivity index is 2.32. The Kier molecular flexibility index (Phi) is 7.16. The van der Waals surface area contributed by atoms with E-state index in [0.29, 0.717) is 11.5 Å². The smallest absolute Gasteiger partial charge is 0.255 e. The van der Waals surface area contributed by atoms with Crippen LogP contribution in [0.25, 0.3) is 0 Å². The van der Waals surface area contributed by atoms with Crippen molar-refractivity contribution in [2.45, 2.75) is 56.4 Å². The lowest BCUT2D eigenvalue weighted by molar-refractivity contribution is 0.0693. The lowest BCUT2D eigenvalue weighted by Gasteiger charge is -2.31. The number of hydrogen-bond acceptors (Lipinski definition) is 4. The number of sulfonamides is 1. The van der Waals surface area contributed by atoms with Crippen molar-refractivity contribution in [3.8, 4) is 0 Å². The molecule has 5 nitrogen and oxygen atoms in total. The number of piperidine rings is 1. The molecule has 2 rings (SSSR count). The topological polar surface area (TPSA) is 66.5 Å². The van der Waals surface area contributed by atoms with E-state index in [-0.39, 0.29) is 22.8 Å². The van der Waals surface area contributed by atoms with Crippen molar-refractivity contribution in [3.05, 3.63) is 23.8 Å². The van der Waals surface area contributed by atoms with Crippen LogP contribution < -0.4 is 4.72 Å². The predicted molar refractivity (Wildman–Crippen MR) is 107 cm³/mol. The Hall–Kier alpha value is -1.05. The average molecular weight is 399 g/mol. The van der Waals surface area contributed by atoms with Crippen molar-refractivity contribution >= 4 is 27.7 Å². The van der Waals surface area contributed by atoms with E-state index in [9.17, 15) is 13.2 Å². The van der Waals surface area contributed by atoms with E-state index in [1.54, 1.807) is 12.1 Å². The van der Waals surface area contributed by atoms with Gasteiger partial charge in [0.25, 0.3) is 5.91 Å². The molecule has 0 saturated carbocycles. The second-order valence-corrected chi connectivity index (χ2v) is 10.1. The molecule has 1 aliphatic heterocycles. The molecule has 7 heteroatoms. The first-order chi connectivity index (χ1) is 12.2. The molecule has 0 bridgehead atoms. The summed E-state index contributed by atoms with van der Waals surface area (Å²) in [6, 6.07) is 4.67. The van der Waals surface area contributed by atoms with Crippen LogP contribution in [0.15, 0.2) is 28.0 Å². The maximum absolute atomic E-state index is 13.0. The molecule has 146 valence electrons. The highest BCUT2D eigenvalue weighted by Crippen LogP contribution is 2.27. The number of thioether (sulfide) groups is 1. The Bertz CT molecular complexity index is 739. The van der Waals surface area contributed by atoms with Gasteiger partial charge in [-0.3, -0.25) is 4.79 Å². The first-order valence-corrected chi connectivity index (χ1v) is 11.9. The van der Waals surface area contributed by atoms with Gasteiger partial charge in [-0.05, 0) is 56.1 Å². The molecule has 1 amide bonds. The summed E-state index contributed by atoms with van der Waals surface area (Å²) in [6.45, 7) is 9.44. The van der Waals surface area contributed by atoms with Gasteiger partial charge in [-0.1, -0.05) is 20.8 Å². The Morgan fingerprint density at radius 2 is 1.85 bits per heavy atom. The highest BCUT2D eigenvalue weighted by molar-refractivity contribution is 7.98. The highest BCUT2D eigenvalue weighted by atomic mass is 32.2. The van der Waals surface area contributed by atoms with Gasteiger partial charge in [0.2, 0.25) is 10.0 Å². The molecular formula is C19H30N2O3S2. The largest absolute Gasteiger partial charge is 0.339 e. The van der Waals surface area contributed by atoms with Crippen molar-refractivity contribution in [1.29, 1.82) is 0 Å². The molecule has 0 spiro atoms. The number of hydrogen-bond donors (Lipinski definition) is 1. The molecular weight excluding hydrogens is 368 g/mol. The highest BCUT2D eigenvalue weighted by Gasteiger charge is 2.26. The monoisotopic (exact) mass is 398 g/mol. The Morgan fingerprint density at radius 3 is 2.38 bits per heavy atom. The summed E-state index contributed by atoms with van der Waals surface area (Å²) in [5.74, 6) is 0.745. The maximum Gasteiger partial charge on any atom is 0.255 e. The zero-order chi connectivity index (χ0) is 19.5. The van der Waals surface area contributed by atoms with Crippen LogP contribution in [0.4, 0.5) is 0 Å². The summed E-state index contributed by atoms with van der Waals surface area (Å²) in [5.41, 5.74) is 0.479. The third kappa shape index (κ3) is 5.02. The standard InChI is InChI=1S/C19H30N2O3S2/c1-13(2)15(4)20-26(23,24)16-6-7-18(25-5)17(12-16)19(22)21-10-8-14(3)9-11-21/h6-7,12-15,20H,8-11H2,1-5H3. The second kappa shape index (κ2) is 8.76. The van der Waals surface area contributed by atoms with Crippen LogP contribution in [0.2, 0.25) is 0 Å². The molecule has 1 saturated heterocycles. The van der Waals surface area contributed by atoms with Crippen molar-refractivity contribution in [3.63, 3.8) is 0 Å². The molecule has 0 radical (unpaired) electrons. The maximum atomic E-state index is 13.0. The van der Waals surface area contributed by atoms with E-state index in [2.05, 4.69) is 11.6 Å². The minimum atomic E-state index is -3.66. The van der Waals surface area contributed by atoms with E-state index in [1.165, 1.54) is 17.8 Å². The second-order valence-electron chi connectivity index (χ2n) is 7.49. The summed E-state index contributed by atoms with van der Waals surface area (Å²) in [7, 11) is -3.66. The van der Waals surface area contributed by atoms with Crippen molar-refractivity contribution in [2.24, 2.45) is 11.8 Å². The van der Waals surface area contributed by atoms with E-state index in [0.717, 1.165) is 30.8 Å². The number of nitrogens with one attached hydrogen (secondary N) is 1. The van der Waals surface area contributed by atoms with Crippen molar-refractivity contribution in [1.82, 2.24) is 9.62 Å². The van der Waals surface area contributed by atoms with E-state index < -0.39 is 10.0 Å². The summed E-state index contributed by atoms with van der Waals surface area (Å²) in [6.07, 6.45) is 3.88. The van der Waals surface area contributed by atoms with E-state index in [4.69, 9.17) is 0 Å². The van der Waals surface area contributed by atoms with Crippen LogP contribution in [-0.2, 0) is 10.0 Å². The molecule has 1 fully saturated rings. The molecule has 1 aliphatic rings. The van der Waals surface area contributed by atoms with E-state index >= 15 is 0 Å². The zero-order valence-electron chi connectivity index (χ0n) is 16.3. The number of rotatable bonds is 6. The van der Waals surface area contributed by atoms with Crippen LogP contribution in [0.5, 0.6) is 0 Å². The van der Waals surface area contributed by atoms with Crippen molar-refractivity contribution < 1.29 is 13.2 Å². The number of likely N-dealkylation sites (tertiary alicyclic amines) is 1. The van der Waals surface area contributed by atoms with Crippen LogP contribution in [0.1, 0.15) is 50.9 Å². The van der Waals surface area contributed by atoms with Gasteiger partial charge in [0, 0.05) is 24.0 Å². The third-order valence-electron chi connectivity index (χ3n) is 5.12. The SMILES string of the molecule is CSc1ccc(S(=O)(=O)NC(C)C(C)C)cc1C(=O)N1CCC(C)CC1. The summed E-state index contributed by atoms with van der Waals surface area (Å²) in [5, 5.41) is 0. The van der Waals surface area contributed by atoms with Crippen LogP contribution >= 0.6 is 11.8 Å². The first-order valence-electron chi connectivity index (χ1n) is 9.15. The predicted octanol–water partition coefficient (Wildman–Crippen LogP) is 3.60. The summed E-state index contributed by atoms with van der Waals surface area (Å²) in [4.78, 5) is 15.8. The number of carbonyl (C=O) groups is 1. The number of benzene rings is 1. The fraction of sp³-hybridized carbons (Fsp3) is 0.632. The van der Waals surface area contributed by atoms with Crippen molar-refractivity contribution in [2.75, 3.05) is 19.3 Å². The van der Waals surface area contributed by atoms with Gasteiger partial charge < -0.3 is 4.90 Å². The molecule has 0 aromatic heterocycles. The average Bonchev–Trinajstić information content (AvgIpc) is 2.60. The lowest BCUT2D eigenvalue weighted by Crippen LogP contribution is -2.38. The molecule has 1 unspecified atom stereocenters. The number of nitrogens with zero attached hydrogens (tertiary/aromatic N) is 1. The van der Waals surface area contributed by atoms with Gasteiger partial charge in [0.1, 0.15) is 0 Å². The number of carbonyl (C=O) groups excluding carboxylic acids is 1. The minimum Gasteiger partial charge on any atom is -0.339 e. The van der Waals surface area contributed by atoms with Gasteiger partial charge in [-0.25, -0.2) is 13.1 Å². The van der Waals surface area contributed by atoms with Gasteiger partial charge in [0.05, 0.1) is 10.5 Å². The normalized spacial score (nSPS) is 17.5. The molecule has 1 aromatic rings. The van der Waals surface area contributed by atoms with E-state index in [1.807, 2.05) is 31.9 Å². The van der Waals surface area contributed by atoms with Gasteiger partial charge in [-0.15, -0.1) is 11.8 Å².